The summed E-state index contributed by atoms with van der Waals surface area (Å²) in [4.78, 5) is 26.2. The molecule has 1 aromatic carbocycles. The van der Waals surface area contributed by atoms with Crippen LogP contribution in [0.1, 0.15) is 22.3 Å². The topological polar surface area (TPSA) is 86.9 Å². The van der Waals surface area contributed by atoms with Gasteiger partial charge in [-0.2, -0.15) is 0 Å². The molecule has 2 rings (SSSR count). The van der Waals surface area contributed by atoms with Crippen LogP contribution in [0.4, 0.5) is 0 Å². The lowest BCUT2D eigenvalue weighted by Gasteiger charge is -2.34. The number of nitrogens with two attached hydrogens (primary N) is 1. The van der Waals surface area contributed by atoms with Crippen molar-refractivity contribution in [1.82, 2.24) is 9.80 Å². The molecule has 1 saturated heterocycles. The first kappa shape index (κ1) is 15.5. The lowest BCUT2D eigenvalue weighted by Crippen LogP contribution is -2.46. The number of hydrogen-bond acceptors (Lipinski definition) is 4. The normalized spacial score (nSPS) is 16.8. The number of nitrogens with zero attached hydrogens (tertiary/aromatic N) is 2. The number of aliphatic carboxylic acids is 1. The van der Waals surface area contributed by atoms with E-state index in [4.69, 9.17) is 10.8 Å². The maximum Gasteiger partial charge on any atom is 0.304 e. The standard InChI is InChI=1S/C15H21N3O3/c16-15(21)13-3-1-2-12(10-13)11-18-8-6-17(7-9-18)5-4-14(19)20/h1-3,10H,4-9,11H2,(H2,16,21)(H,19,20). The van der Waals surface area contributed by atoms with Gasteiger partial charge < -0.3 is 15.7 Å². The average Bonchev–Trinajstić information content (AvgIpc) is 2.47. The minimum atomic E-state index is -0.749. The predicted octanol–water partition coefficient (Wildman–Crippen LogP) is 0.378. The Hall–Kier alpha value is -1.92. The van der Waals surface area contributed by atoms with E-state index >= 15 is 0 Å². The number of amides is 1. The molecule has 1 aliphatic heterocycles. The minimum absolute atomic E-state index is 0.195. The third-order valence-electron chi connectivity index (χ3n) is 3.72. The van der Waals surface area contributed by atoms with Crippen molar-refractivity contribution in [3.8, 4) is 0 Å². The van der Waals surface area contributed by atoms with Gasteiger partial charge in [-0.05, 0) is 17.7 Å². The fourth-order valence-corrected chi connectivity index (χ4v) is 2.51. The Morgan fingerprint density at radius 1 is 1.14 bits per heavy atom. The van der Waals surface area contributed by atoms with E-state index in [1.54, 1.807) is 6.07 Å². The molecule has 0 bridgehead atoms. The van der Waals surface area contributed by atoms with Crippen LogP contribution in [0.15, 0.2) is 24.3 Å². The van der Waals surface area contributed by atoms with Crippen LogP contribution >= 0.6 is 0 Å². The second kappa shape index (κ2) is 7.19. The van der Waals surface area contributed by atoms with Crippen LogP contribution in [0.3, 0.4) is 0 Å². The van der Waals surface area contributed by atoms with Crippen LogP contribution in [0.25, 0.3) is 0 Å². The lowest BCUT2D eigenvalue weighted by atomic mass is 10.1. The van der Waals surface area contributed by atoms with Crippen molar-refractivity contribution in [3.63, 3.8) is 0 Å². The maximum absolute atomic E-state index is 11.2. The highest BCUT2D eigenvalue weighted by Gasteiger charge is 2.17. The first-order valence-electron chi connectivity index (χ1n) is 7.10. The van der Waals surface area contributed by atoms with Gasteiger partial charge in [-0.15, -0.1) is 0 Å². The van der Waals surface area contributed by atoms with Gasteiger partial charge in [-0.1, -0.05) is 12.1 Å². The summed E-state index contributed by atoms with van der Waals surface area (Å²) in [5.74, 6) is -1.16. The Morgan fingerprint density at radius 3 is 2.43 bits per heavy atom. The van der Waals surface area contributed by atoms with Crippen LogP contribution in [0, 0.1) is 0 Å². The average molecular weight is 291 g/mol. The number of piperazine rings is 1. The Labute approximate surface area is 124 Å². The van der Waals surface area contributed by atoms with Crippen LogP contribution in [0.2, 0.25) is 0 Å². The summed E-state index contributed by atoms with van der Waals surface area (Å²) in [7, 11) is 0. The monoisotopic (exact) mass is 291 g/mol. The molecule has 0 saturated carbocycles. The summed E-state index contributed by atoms with van der Waals surface area (Å²) >= 11 is 0. The molecule has 0 radical (unpaired) electrons. The SMILES string of the molecule is NC(=O)c1cccc(CN2CCN(CCC(=O)O)CC2)c1. The van der Waals surface area contributed by atoms with Gasteiger partial charge in [0.25, 0.3) is 0 Å². The van der Waals surface area contributed by atoms with E-state index < -0.39 is 11.9 Å². The highest BCUT2D eigenvalue weighted by molar-refractivity contribution is 5.92. The van der Waals surface area contributed by atoms with Crippen molar-refractivity contribution >= 4 is 11.9 Å². The van der Waals surface area contributed by atoms with E-state index in [1.807, 2.05) is 18.2 Å². The number of benzene rings is 1. The molecule has 1 fully saturated rings. The molecule has 0 aliphatic carbocycles. The van der Waals surface area contributed by atoms with Crippen molar-refractivity contribution in [1.29, 1.82) is 0 Å². The van der Waals surface area contributed by atoms with Crippen molar-refractivity contribution in [3.05, 3.63) is 35.4 Å². The van der Waals surface area contributed by atoms with Gasteiger partial charge in [0.1, 0.15) is 0 Å². The Morgan fingerprint density at radius 2 is 1.81 bits per heavy atom. The molecule has 1 aliphatic rings. The summed E-state index contributed by atoms with van der Waals surface area (Å²) in [5.41, 5.74) is 6.89. The molecule has 3 N–H and O–H groups in total. The fraction of sp³-hybridized carbons (Fsp3) is 0.467. The molecule has 21 heavy (non-hydrogen) atoms. The van der Waals surface area contributed by atoms with E-state index in [-0.39, 0.29) is 6.42 Å². The maximum atomic E-state index is 11.2. The number of carboxylic acids is 1. The third-order valence-corrected chi connectivity index (χ3v) is 3.72. The zero-order chi connectivity index (χ0) is 15.2. The highest BCUT2D eigenvalue weighted by Crippen LogP contribution is 2.11. The number of carbonyl (C=O) groups is 2. The van der Waals surface area contributed by atoms with Crippen molar-refractivity contribution in [2.75, 3.05) is 32.7 Å². The fourth-order valence-electron chi connectivity index (χ4n) is 2.51. The predicted molar refractivity (Wildman–Crippen MR) is 78.9 cm³/mol. The number of carboxylic acid groups (broad SMARTS) is 1. The van der Waals surface area contributed by atoms with Gasteiger partial charge in [0, 0.05) is 44.8 Å². The smallest absolute Gasteiger partial charge is 0.304 e. The van der Waals surface area contributed by atoms with Gasteiger partial charge >= 0.3 is 5.97 Å². The van der Waals surface area contributed by atoms with Gasteiger partial charge in [-0.3, -0.25) is 14.5 Å². The number of primary amides is 1. The zero-order valence-corrected chi connectivity index (χ0v) is 12.0. The van der Waals surface area contributed by atoms with Crippen molar-refractivity contribution in [2.45, 2.75) is 13.0 Å². The number of rotatable bonds is 6. The molecule has 0 atom stereocenters. The van der Waals surface area contributed by atoms with Gasteiger partial charge in [0.15, 0.2) is 0 Å². The molecular formula is C15H21N3O3. The zero-order valence-electron chi connectivity index (χ0n) is 12.0. The van der Waals surface area contributed by atoms with E-state index in [0.717, 1.165) is 38.3 Å². The quantitative estimate of drug-likeness (QED) is 0.791. The van der Waals surface area contributed by atoms with Gasteiger partial charge in [-0.25, -0.2) is 0 Å². The van der Waals surface area contributed by atoms with E-state index in [9.17, 15) is 9.59 Å². The first-order chi connectivity index (χ1) is 10.0. The van der Waals surface area contributed by atoms with Gasteiger partial charge in [0.05, 0.1) is 6.42 Å². The molecular weight excluding hydrogens is 270 g/mol. The Kier molecular flexibility index (Phi) is 5.30. The molecule has 6 heteroatoms. The van der Waals surface area contributed by atoms with Gasteiger partial charge in [0.2, 0.25) is 5.91 Å². The number of carbonyl (C=O) groups excluding carboxylic acids is 1. The minimum Gasteiger partial charge on any atom is -0.481 e. The Bertz CT molecular complexity index is 511. The summed E-state index contributed by atoms with van der Waals surface area (Å²) in [5, 5.41) is 8.69. The van der Waals surface area contributed by atoms with E-state index in [1.165, 1.54) is 0 Å². The summed E-state index contributed by atoms with van der Waals surface area (Å²) in [6.07, 6.45) is 0.195. The molecule has 1 amide bonds. The molecule has 0 aromatic heterocycles. The summed E-state index contributed by atoms with van der Waals surface area (Å²) < 4.78 is 0. The van der Waals surface area contributed by atoms with Crippen LogP contribution in [-0.4, -0.2) is 59.5 Å². The van der Waals surface area contributed by atoms with Crippen LogP contribution < -0.4 is 5.73 Å². The first-order valence-corrected chi connectivity index (χ1v) is 7.10. The molecule has 114 valence electrons. The second-order valence-electron chi connectivity index (χ2n) is 5.33. The number of hydrogen-bond donors (Lipinski definition) is 2. The van der Waals surface area contributed by atoms with Crippen molar-refractivity contribution < 1.29 is 14.7 Å². The van der Waals surface area contributed by atoms with Crippen molar-refractivity contribution in [2.24, 2.45) is 5.73 Å². The highest BCUT2D eigenvalue weighted by atomic mass is 16.4. The Balaban J connectivity index is 1.82. The van der Waals surface area contributed by atoms with Crippen LogP contribution in [-0.2, 0) is 11.3 Å². The van der Waals surface area contributed by atoms with Crippen LogP contribution in [0.5, 0.6) is 0 Å². The second-order valence-corrected chi connectivity index (χ2v) is 5.33. The largest absolute Gasteiger partial charge is 0.481 e. The lowest BCUT2D eigenvalue weighted by molar-refractivity contribution is -0.137. The molecule has 1 heterocycles. The third kappa shape index (κ3) is 4.84. The summed E-state index contributed by atoms with van der Waals surface area (Å²) in [6, 6.07) is 7.39. The molecule has 0 unspecified atom stereocenters. The van der Waals surface area contributed by atoms with E-state index in [0.29, 0.717) is 12.1 Å². The molecule has 1 aromatic rings. The molecule has 0 spiro atoms. The molecule has 6 nitrogen and oxygen atoms in total. The summed E-state index contributed by atoms with van der Waals surface area (Å²) in [6.45, 7) is 4.96. The van der Waals surface area contributed by atoms with E-state index in [2.05, 4.69) is 9.80 Å².